The molecule has 13 rings (SSSR count). The van der Waals surface area contributed by atoms with Crippen LogP contribution in [0.1, 0.15) is 26.3 Å². The number of thiophene rings is 1. The smallest absolute Gasteiger partial charge is 0.197 e. The van der Waals surface area contributed by atoms with Crippen molar-refractivity contribution in [2.45, 2.75) is 26.2 Å². The Morgan fingerprint density at radius 3 is 1.98 bits per heavy atom. The van der Waals surface area contributed by atoms with Gasteiger partial charge in [0.05, 0.1) is 11.2 Å². The topological polar surface area (TPSA) is 43.2 Å². The molecule has 0 amide bonds. The molecule has 0 saturated carbocycles. The molecule has 0 unspecified atom stereocenters. The lowest BCUT2D eigenvalue weighted by Gasteiger charge is -2.24. The molecule has 4 aromatic heterocycles. The zero-order chi connectivity index (χ0) is 38.4. The van der Waals surface area contributed by atoms with Gasteiger partial charge in [0, 0.05) is 81.7 Å². The van der Waals surface area contributed by atoms with Crippen molar-refractivity contribution in [2.24, 2.45) is 0 Å². The van der Waals surface area contributed by atoms with Crippen LogP contribution < -0.4 is 16.2 Å². The molecular formula is C52H34BN2O2S. The van der Waals surface area contributed by atoms with Crippen molar-refractivity contribution in [3.63, 3.8) is 0 Å². The summed E-state index contributed by atoms with van der Waals surface area (Å²) in [6.07, 6.45) is 0. The lowest BCUT2D eigenvalue weighted by atomic mass is 9.59. The van der Waals surface area contributed by atoms with Gasteiger partial charge in [-0.25, -0.2) is 0 Å². The first-order chi connectivity index (χ1) is 28.3. The summed E-state index contributed by atoms with van der Waals surface area (Å²) in [5.74, 6) is 0. The number of aromatic nitrogens is 1. The Morgan fingerprint density at radius 1 is 0.534 bits per heavy atom. The molecular weight excluding hydrogens is 727 g/mol. The van der Waals surface area contributed by atoms with E-state index in [2.05, 4.69) is 171 Å². The third-order valence-electron chi connectivity index (χ3n) is 12.4. The van der Waals surface area contributed by atoms with E-state index >= 15 is 0 Å². The fourth-order valence-electron chi connectivity index (χ4n) is 9.53. The predicted molar refractivity (Wildman–Crippen MR) is 247 cm³/mol. The maximum absolute atomic E-state index is 6.53. The molecule has 6 heteroatoms. The Labute approximate surface area is 338 Å². The minimum atomic E-state index is 0.0656. The molecule has 5 heterocycles. The van der Waals surface area contributed by atoms with E-state index in [1.165, 1.54) is 58.6 Å². The third-order valence-corrected chi connectivity index (χ3v) is 13.5. The van der Waals surface area contributed by atoms with Crippen molar-refractivity contribution >= 4 is 127 Å². The monoisotopic (exact) mass is 761 g/mol. The molecule has 1 radical (unpaired) electrons. The Hall–Kier alpha value is -6.76. The van der Waals surface area contributed by atoms with E-state index in [0.29, 0.717) is 0 Å². The normalized spacial score (nSPS) is 12.9. The quantitative estimate of drug-likeness (QED) is 0.182. The molecule has 0 spiro atoms. The summed E-state index contributed by atoms with van der Waals surface area (Å²) < 4.78 is 18.1. The highest BCUT2D eigenvalue weighted by molar-refractivity contribution is 7.25. The van der Waals surface area contributed by atoms with Gasteiger partial charge in [0.15, 0.2) is 7.28 Å². The van der Waals surface area contributed by atoms with Crippen molar-refractivity contribution in [2.75, 3.05) is 5.32 Å². The van der Waals surface area contributed by atoms with E-state index in [4.69, 9.17) is 8.83 Å². The van der Waals surface area contributed by atoms with Gasteiger partial charge >= 0.3 is 0 Å². The van der Waals surface area contributed by atoms with Crippen LogP contribution in [0.15, 0.2) is 154 Å². The highest BCUT2D eigenvalue weighted by Crippen LogP contribution is 2.44. The molecule has 58 heavy (non-hydrogen) atoms. The second-order valence-corrected chi connectivity index (χ2v) is 17.9. The van der Waals surface area contributed by atoms with Crippen LogP contribution in [-0.2, 0) is 5.41 Å². The molecule has 1 N–H and O–H groups in total. The van der Waals surface area contributed by atoms with Crippen LogP contribution in [0.5, 0.6) is 0 Å². The van der Waals surface area contributed by atoms with Crippen LogP contribution in [0.2, 0.25) is 0 Å². The van der Waals surface area contributed by atoms with Gasteiger partial charge in [-0.3, -0.25) is 0 Å². The minimum Gasteiger partial charge on any atom is -0.456 e. The molecule has 1 aliphatic heterocycles. The van der Waals surface area contributed by atoms with Crippen molar-refractivity contribution in [3.05, 3.63) is 151 Å². The number of rotatable bonds is 3. The molecule has 8 aromatic carbocycles. The van der Waals surface area contributed by atoms with Gasteiger partial charge in [-0.1, -0.05) is 111 Å². The van der Waals surface area contributed by atoms with Crippen molar-refractivity contribution in [1.82, 2.24) is 4.57 Å². The Bertz CT molecular complexity index is 3720. The van der Waals surface area contributed by atoms with Crippen molar-refractivity contribution < 1.29 is 8.83 Å². The Morgan fingerprint density at radius 2 is 1.22 bits per heavy atom. The maximum atomic E-state index is 6.53. The highest BCUT2D eigenvalue weighted by atomic mass is 32.1. The zero-order valence-corrected chi connectivity index (χ0v) is 32.9. The first kappa shape index (κ1) is 32.3. The molecule has 12 aromatic rings. The van der Waals surface area contributed by atoms with E-state index in [9.17, 15) is 0 Å². The minimum absolute atomic E-state index is 0.0656. The van der Waals surface area contributed by atoms with Crippen LogP contribution >= 0.6 is 11.3 Å². The second-order valence-electron chi connectivity index (χ2n) is 16.8. The number of anilines is 2. The third kappa shape index (κ3) is 4.52. The van der Waals surface area contributed by atoms with Gasteiger partial charge in [-0.2, -0.15) is 0 Å². The maximum Gasteiger partial charge on any atom is 0.197 e. The van der Waals surface area contributed by atoms with E-state index in [-0.39, 0.29) is 5.41 Å². The van der Waals surface area contributed by atoms with Crippen LogP contribution in [0, 0.1) is 0 Å². The average molecular weight is 762 g/mol. The SMILES string of the molecule is CC(C)(C)c1ccc(Nc2cc3oc4ccccc4c3cc2-c2ccc3c4cc5c(cc4n4c3c2[B]c2cc3c(cc2-4)sc2ccccc23)oc2ccccc25)cc1. The molecule has 0 atom stereocenters. The summed E-state index contributed by atoms with van der Waals surface area (Å²) in [5, 5.41) is 13.4. The summed E-state index contributed by atoms with van der Waals surface area (Å²) >= 11 is 1.86. The van der Waals surface area contributed by atoms with Crippen LogP contribution in [-0.4, -0.2) is 11.8 Å². The van der Waals surface area contributed by atoms with Crippen molar-refractivity contribution in [3.8, 4) is 16.8 Å². The largest absolute Gasteiger partial charge is 0.456 e. The number of fused-ring (bicyclic) bond motifs is 14. The van der Waals surface area contributed by atoms with Crippen LogP contribution in [0.3, 0.4) is 0 Å². The Kier molecular flexibility index (Phi) is 6.37. The van der Waals surface area contributed by atoms with Gasteiger partial charge in [0.2, 0.25) is 0 Å². The van der Waals surface area contributed by atoms with Crippen LogP contribution in [0.4, 0.5) is 11.4 Å². The molecule has 4 nitrogen and oxygen atoms in total. The number of nitrogens with zero attached hydrogens (tertiary/aromatic N) is 1. The molecule has 1 aliphatic rings. The number of hydrogen-bond acceptors (Lipinski definition) is 4. The summed E-state index contributed by atoms with van der Waals surface area (Å²) in [6, 6.07) is 52.9. The predicted octanol–water partition coefficient (Wildman–Crippen LogP) is 13.6. The van der Waals surface area contributed by atoms with E-state index in [0.717, 1.165) is 71.9 Å². The van der Waals surface area contributed by atoms with E-state index in [1.807, 2.05) is 23.5 Å². The van der Waals surface area contributed by atoms with E-state index < -0.39 is 0 Å². The summed E-state index contributed by atoms with van der Waals surface area (Å²) in [7, 11) is 2.43. The number of benzene rings is 8. The lowest BCUT2D eigenvalue weighted by Crippen LogP contribution is -2.37. The zero-order valence-electron chi connectivity index (χ0n) is 32.1. The Balaban J connectivity index is 1.12. The standard InChI is InChI=1S/C52H34BN2O2S/c1-52(2,3)28-16-18-29(19-17-28)54-41-25-46-37(30-10-4-7-13-44(30)56-46)22-35(41)33-20-21-34-36-23-38-31-11-5-8-14-45(31)57-47(38)26-42(36)55-43-27-49-39(24-40(43)53-50(33)51(34)55)32-12-6-9-15-48(32)58-49/h4-27,54H,1-3H3. The second kappa shape index (κ2) is 11.4. The molecule has 273 valence electrons. The fourth-order valence-corrected chi connectivity index (χ4v) is 10.6. The number of para-hydroxylation sites is 2. The molecule has 0 saturated heterocycles. The van der Waals surface area contributed by atoms with Gasteiger partial charge in [0.1, 0.15) is 22.3 Å². The summed E-state index contributed by atoms with van der Waals surface area (Å²) in [4.78, 5) is 0. The molecule has 0 fully saturated rings. The van der Waals surface area contributed by atoms with Crippen LogP contribution in [0.25, 0.3) is 103 Å². The lowest BCUT2D eigenvalue weighted by molar-refractivity contribution is 0.590. The van der Waals surface area contributed by atoms with Gasteiger partial charge in [-0.15, -0.1) is 11.3 Å². The van der Waals surface area contributed by atoms with Gasteiger partial charge in [-0.05, 0) is 75.9 Å². The number of furan rings is 2. The van der Waals surface area contributed by atoms with E-state index in [1.54, 1.807) is 0 Å². The molecule has 0 bridgehead atoms. The molecule has 0 aliphatic carbocycles. The van der Waals surface area contributed by atoms with Gasteiger partial charge in [0.25, 0.3) is 0 Å². The highest BCUT2D eigenvalue weighted by Gasteiger charge is 2.29. The fraction of sp³-hybridized carbons (Fsp3) is 0.0769. The van der Waals surface area contributed by atoms with Crippen molar-refractivity contribution in [1.29, 1.82) is 0 Å². The number of nitrogens with one attached hydrogen (secondary N) is 1. The summed E-state index contributed by atoms with van der Waals surface area (Å²) in [5.41, 5.74) is 15.1. The average Bonchev–Trinajstić information content (AvgIpc) is 3.98. The number of hydrogen-bond donors (Lipinski definition) is 1. The first-order valence-corrected chi connectivity index (χ1v) is 20.7. The van der Waals surface area contributed by atoms with Gasteiger partial charge < -0.3 is 18.7 Å². The summed E-state index contributed by atoms with van der Waals surface area (Å²) in [6.45, 7) is 6.76. The first-order valence-electron chi connectivity index (χ1n) is 19.9.